The summed E-state index contributed by atoms with van der Waals surface area (Å²) in [5.41, 5.74) is -0.877. The van der Waals surface area contributed by atoms with Gasteiger partial charge in [0.15, 0.2) is 0 Å². The van der Waals surface area contributed by atoms with Gasteiger partial charge >= 0.3 is 5.97 Å². The summed E-state index contributed by atoms with van der Waals surface area (Å²) >= 11 is 0. The van der Waals surface area contributed by atoms with Crippen LogP contribution in [-0.4, -0.2) is 38.7 Å². The number of hydrogen-bond acceptors (Lipinski definition) is 3. The van der Waals surface area contributed by atoms with Crippen LogP contribution in [0.4, 0.5) is 0 Å². The maximum atomic E-state index is 12.2. The Labute approximate surface area is 128 Å². The van der Waals surface area contributed by atoms with Gasteiger partial charge < -0.3 is 10.4 Å². The fraction of sp³-hybridized carbons (Fsp3) is 0.867. The zero-order valence-corrected chi connectivity index (χ0v) is 13.3. The first-order valence-corrected chi connectivity index (χ1v) is 9.38. The minimum absolute atomic E-state index is 0.0619. The molecule has 0 aromatic heterocycles. The quantitative estimate of drug-likeness (QED) is 0.775. The monoisotopic (exact) mass is 315 g/mol. The molecule has 2 rings (SSSR count). The van der Waals surface area contributed by atoms with Gasteiger partial charge in [-0.05, 0) is 25.7 Å². The summed E-state index contributed by atoms with van der Waals surface area (Å²) in [6, 6.07) is 0.0619. The number of nitrogens with one attached hydrogen (secondary N) is 1. The Morgan fingerprint density at radius 3 is 2.19 bits per heavy atom. The van der Waals surface area contributed by atoms with Crippen LogP contribution in [0.3, 0.4) is 0 Å². The van der Waals surface area contributed by atoms with Crippen LogP contribution >= 0.6 is 0 Å². The maximum Gasteiger partial charge on any atom is 0.310 e. The lowest BCUT2D eigenvalue weighted by Crippen LogP contribution is -2.43. The second-order valence-corrected chi connectivity index (χ2v) is 8.06. The summed E-state index contributed by atoms with van der Waals surface area (Å²) < 4.78 is 11.3. The average molecular weight is 315 g/mol. The molecule has 0 aromatic carbocycles. The Balaban J connectivity index is 1.92. The number of carbonyl (C=O) groups is 2. The van der Waals surface area contributed by atoms with Crippen LogP contribution in [0.2, 0.25) is 0 Å². The Morgan fingerprint density at radius 2 is 1.67 bits per heavy atom. The molecule has 2 fully saturated rings. The van der Waals surface area contributed by atoms with Crippen molar-refractivity contribution in [3.63, 3.8) is 0 Å². The molecule has 1 aliphatic carbocycles. The Morgan fingerprint density at radius 1 is 1.10 bits per heavy atom. The van der Waals surface area contributed by atoms with Crippen molar-refractivity contribution in [1.82, 2.24) is 5.32 Å². The lowest BCUT2D eigenvalue weighted by molar-refractivity contribution is -0.153. The molecule has 1 amide bonds. The minimum Gasteiger partial charge on any atom is -0.481 e. The van der Waals surface area contributed by atoms with Gasteiger partial charge in [0, 0.05) is 34.8 Å². The average Bonchev–Trinajstić information content (AvgIpc) is 2.68. The lowest BCUT2D eigenvalue weighted by Gasteiger charge is -2.29. The van der Waals surface area contributed by atoms with Crippen LogP contribution in [0.1, 0.15) is 57.8 Å². The molecule has 0 unspecified atom stereocenters. The highest BCUT2D eigenvalue weighted by Crippen LogP contribution is 2.38. The molecule has 5 nitrogen and oxygen atoms in total. The summed E-state index contributed by atoms with van der Waals surface area (Å²) in [7, 11) is -0.745. The number of amides is 1. The van der Waals surface area contributed by atoms with E-state index in [1.54, 1.807) is 0 Å². The Kier molecular flexibility index (Phi) is 5.79. The van der Waals surface area contributed by atoms with Gasteiger partial charge in [0.1, 0.15) is 0 Å². The lowest BCUT2D eigenvalue weighted by atomic mass is 9.77. The van der Waals surface area contributed by atoms with Gasteiger partial charge in [-0.15, -0.1) is 0 Å². The predicted octanol–water partition coefficient (Wildman–Crippen LogP) is 1.83. The van der Waals surface area contributed by atoms with E-state index in [0.29, 0.717) is 24.3 Å². The van der Waals surface area contributed by atoms with E-state index in [-0.39, 0.29) is 18.4 Å². The van der Waals surface area contributed by atoms with Crippen molar-refractivity contribution in [2.24, 2.45) is 5.41 Å². The van der Waals surface area contributed by atoms with Crippen molar-refractivity contribution in [1.29, 1.82) is 0 Å². The molecule has 0 aromatic rings. The number of carbonyl (C=O) groups excluding carboxylic acids is 1. The third-order valence-corrected chi connectivity index (χ3v) is 6.15. The predicted molar refractivity (Wildman–Crippen MR) is 81.4 cm³/mol. The SMILES string of the molecule is O=C(CC1(C(=O)O)CCCCCC1)NC1CCS(=O)CC1. The second kappa shape index (κ2) is 7.38. The van der Waals surface area contributed by atoms with Gasteiger partial charge in [-0.2, -0.15) is 0 Å². The highest BCUT2D eigenvalue weighted by molar-refractivity contribution is 7.85. The number of aliphatic carboxylic acids is 1. The molecule has 120 valence electrons. The third-order valence-electron chi connectivity index (χ3n) is 4.77. The Hall–Kier alpha value is -0.910. The van der Waals surface area contributed by atoms with Crippen LogP contribution in [0.15, 0.2) is 0 Å². The van der Waals surface area contributed by atoms with E-state index < -0.39 is 22.2 Å². The molecule has 0 atom stereocenters. The molecular formula is C15H25NO4S. The summed E-state index contributed by atoms with van der Waals surface area (Å²) in [6.45, 7) is 0. The van der Waals surface area contributed by atoms with Crippen LogP contribution in [-0.2, 0) is 20.4 Å². The summed E-state index contributed by atoms with van der Waals surface area (Å²) in [5, 5.41) is 12.5. The van der Waals surface area contributed by atoms with Crippen molar-refractivity contribution in [3.05, 3.63) is 0 Å². The van der Waals surface area contributed by atoms with Crippen LogP contribution in [0.25, 0.3) is 0 Å². The summed E-state index contributed by atoms with van der Waals surface area (Å²) in [4.78, 5) is 23.9. The largest absolute Gasteiger partial charge is 0.481 e. The van der Waals surface area contributed by atoms with E-state index in [4.69, 9.17) is 0 Å². The number of carboxylic acid groups (broad SMARTS) is 1. The van der Waals surface area contributed by atoms with Crippen molar-refractivity contribution < 1.29 is 18.9 Å². The van der Waals surface area contributed by atoms with Gasteiger partial charge in [-0.3, -0.25) is 13.8 Å². The van der Waals surface area contributed by atoms with Gasteiger partial charge in [0.05, 0.1) is 5.41 Å². The van der Waals surface area contributed by atoms with E-state index >= 15 is 0 Å². The van der Waals surface area contributed by atoms with Crippen LogP contribution in [0, 0.1) is 5.41 Å². The molecule has 0 radical (unpaired) electrons. The molecule has 0 spiro atoms. The number of hydrogen-bond donors (Lipinski definition) is 2. The molecule has 2 N–H and O–H groups in total. The topological polar surface area (TPSA) is 83.5 Å². The zero-order valence-electron chi connectivity index (χ0n) is 12.4. The molecule has 1 heterocycles. The van der Waals surface area contributed by atoms with E-state index in [0.717, 1.165) is 38.5 Å². The fourth-order valence-corrected chi connectivity index (χ4v) is 4.69. The highest BCUT2D eigenvalue weighted by atomic mass is 32.2. The first kappa shape index (κ1) is 16.5. The van der Waals surface area contributed by atoms with E-state index in [2.05, 4.69) is 5.32 Å². The zero-order chi connectivity index (χ0) is 15.3. The number of carboxylic acids is 1. The summed E-state index contributed by atoms with van der Waals surface area (Å²) in [5.74, 6) is 0.283. The van der Waals surface area contributed by atoms with E-state index in [1.807, 2.05) is 0 Å². The molecule has 0 bridgehead atoms. The fourth-order valence-electron chi connectivity index (χ4n) is 3.40. The third kappa shape index (κ3) is 4.53. The van der Waals surface area contributed by atoms with E-state index in [1.165, 1.54) is 0 Å². The van der Waals surface area contributed by atoms with Gasteiger partial charge in [-0.25, -0.2) is 0 Å². The van der Waals surface area contributed by atoms with Crippen molar-refractivity contribution in [2.75, 3.05) is 11.5 Å². The smallest absolute Gasteiger partial charge is 0.310 e. The van der Waals surface area contributed by atoms with Gasteiger partial charge in [0.25, 0.3) is 0 Å². The van der Waals surface area contributed by atoms with E-state index in [9.17, 15) is 18.9 Å². The molecule has 2 aliphatic rings. The standard InChI is InChI=1S/C15H25NO4S/c17-13(16-12-5-9-21(20)10-6-12)11-15(14(18)19)7-3-1-2-4-8-15/h12H,1-11H2,(H,16,17)(H,18,19). The van der Waals surface area contributed by atoms with Crippen LogP contribution in [0.5, 0.6) is 0 Å². The summed E-state index contributed by atoms with van der Waals surface area (Å²) in [6.07, 6.45) is 6.66. The molecule has 6 heteroatoms. The molecule has 1 saturated heterocycles. The van der Waals surface area contributed by atoms with Crippen molar-refractivity contribution in [2.45, 2.75) is 63.8 Å². The number of rotatable bonds is 4. The normalized spacial score (nSPS) is 29.3. The molecular weight excluding hydrogens is 290 g/mol. The maximum absolute atomic E-state index is 12.2. The molecule has 1 aliphatic heterocycles. The Bertz CT molecular complexity index is 406. The van der Waals surface area contributed by atoms with Crippen molar-refractivity contribution >= 4 is 22.7 Å². The second-order valence-electron chi connectivity index (χ2n) is 6.37. The first-order chi connectivity index (χ1) is 10.0. The first-order valence-electron chi connectivity index (χ1n) is 7.90. The minimum atomic E-state index is -0.877. The van der Waals surface area contributed by atoms with Gasteiger partial charge in [-0.1, -0.05) is 25.7 Å². The molecule has 21 heavy (non-hydrogen) atoms. The molecule has 1 saturated carbocycles. The van der Waals surface area contributed by atoms with Crippen molar-refractivity contribution in [3.8, 4) is 0 Å². The van der Waals surface area contributed by atoms with Gasteiger partial charge in [0.2, 0.25) is 5.91 Å². The highest BCUT2D eigenvalue weighted by Gasteiger charge is 2.40. The van der Waals surface area contributed by atoms with Crippen LogP contribution < -0.4 is 5.32 Å².